The molecule has 0 spiro atoms. The third-order valence-electron chi connectivity index (χ3n) is 8.78. The van der Waals surface area contributed by atoms with Crippen LogP contribution in [0.4, 0.5) is 9.18 Å². The largest absolute Gasteiger partial charge is 0.494 e. The Balaban J connectivity index is 1.39. The van der Waals surface area contributed by atoms with Crippen molar-refractivity contribution in [3.8, 4) is 0 Å². The number of hydrogen-bond donors (Lipinski definition) is 1. The molecule has 4 unspecified atom stereocenters. The molecule has 0 radical (unpaired) electrons. The number of nitrogens with two attached hydrogens (primary N) is 1. The fraction of sp³-hybridized carbons (Fsp3) is 0.741. The van der Waals surface area contributed by atoms with E-state index in [4.69, 9.17) is 19.8 Å². The Morgan fingerprint density at radius 3 is 2.23 bits per heavy atom. The summed E-state index contributed by atoms with van der Waals surface area (Å²) in [4.78, 5) is 14.0. The minimum atomic E-state index is -0.697. The van der Waals surface area contributed by atoms with E-state index in [1.165, 1.54) is 0 Å². The predicted octanol–water partition coefficient (Wildman–Crippen LogP) is 4.13. The summed E-state index contributed by atoms with van der Waals surface area (Å²) in [6.07, 6.45) is 0.745. The van der Waals surface area contributed by atoms with Crippen molar-refractivity contribution in [1.29, 1.82) is 0 Å². The van der Waals surface area contributed by atoms with Crippen molar-refractivity contribution in [2.75, 3.05) is 13.1 Å². The number of rotatable bonds is 7. The fourth-order valence-corrected chi connectivity index (χ4v) is 5.95. The van der Waals surface area contributed by atoms with Gasteiger partial charge in [-0.25, -0.2) is 9.18 Å². The van der Waals surface area contributed by atoms with Crippen molar-refractivity contribution in [2.45, 2.75) is 91.6 Å². The summed E-state index contributed by atoms with van der Waals surface area (Å²) in [5, 5.41) is 0. The maximum Gasteiger partial charge on any atom is 0.494 e. The Morgan fingerprint density at radius 2 is 1.77 bits per heavy atom. The fourth-order valence-electron chi connectivity index (χ4n) is 5.95. The van der Waals surface area contributed by atoms with Gasteiger partial charge in [0.15, 0.2) is 0 Å². The van der Waals surface area contributed by atoms with Crippen molar-refractivity contribution < 1.29 is 23.2 Å². The van der Waals surface area contributed by atoms with Crippen molar-refractivity contribution in [2.24, 2.45) is 28.9 Å². The molecular weight excluding hydrogens is 446 g/mol. The van der Waals surface area contributed by atoms with Crippen molar-refractivity contribution in [3.05, 3.63) is 29.6 Å². The molecular formula is C27H42BFN2O4. The quantitative estimate of drug-likeness (QED) is 0.585. The van der Waals surface area contributed by atoms with Crippen molar-refractivity contribution in [1.82, 2.24) is 4.90 Å². The average Bonchev–Trinajstić information content (AvgIpc) is 3.08. The molecule has 4 rings (SSSR count). The van der Waals surface area contributed by atoms with E-state index >= 15 is 4.39 Å². The topological polar surface area (TPSA) is 74.0 Å². The number of halogens is 1. The summed E-state index contributed by atoms with van der Waals surface area (Å²) < 4.78 is 32.9. The van der Waals surface area contributed by atoms with Gasteiger partial charge in [0, 0.05) is 25.0 Å². The second-order valence-corrected chi connectivity index (χ2v) is 12.8. The molecule has 3 aliphatic rings. The minimum Gasteiger partial charge on any atom is -0.446 e. The van der Waals surface area contributed by atoms with Crippen LogP contribution in [0.3, 0.4) is 0 Å². The highest BCUT2D eigenvalue weighted by Crippen LogP contribution is 2.57. The Hall–Kier alpha value is -1.64. The van der Waals surface area contributed by atoms with Gasteiger partial charge in [0.1, 0.15) is 11.9 Å². The van der Waals surface area contributed by atoms with Gasteiger partial charge in [-0.2, -0.15) is 0 Å². The van der Waals surface area contributed by atoms with Gasteiger partial charge >= 0.3 is 13.2 Å². The first-order valence-electron chi connectivity index (χ1n) is 13.0. The van der Waals surface area contributed by atoms with Gasteiger partial charge in [0.2, 0.25) is 0 Å². The first-order valence-corrected chi connectivity index (χ1v) is 13.0. The number of primary amides is 1. The van der Waals surface area contributed by atoms with Gasteiger partial charge in [-0.3, -0.25) is 4.90 Å². The molecule has 2 aliphatic heterocycles. The lowest BCUT2D eigenvalue weighted by atomic mass is 9.78. The maximum absolute atomic E-state index is 15.2. The number of nitrogens with zero attached hydrogens (tertiary/aromatic N) is 1. The SMILES string of the molecule is CCC(Cc1ccc(B2OC(C)(C)C(C)(C)O2)cc1F)N1CC2C(C1)C2C(OC(N)=O)C(C)(C)C. The third-order valence-corrected chi connectivity index (χ3v) is 8.78. The van der Waals surface area contributed by atoms with Crippen LogP contribution in [-0.4, -0.2) is 54.5 Å². The molecule has 4 atom stereocenters. The summed E-state index contributed by atoms with van der Waals surface area (Å²) in [5.41, 5.74) is 5.73. The molecule has 1 saturated carbocycles. The van der Waals surface area contributed by atoms with E-state index in [0.717, 1.165) is 25.1 Å². The van der Waals surface area contributed by atoms with Crippen LogP contribution in [0.25, 0.3) is 0 Å². The van der Waals surface area contributed by atoms with E-state index < -0.39 is 24.4 Å². The van der Waals surface area contributed by atoms with Crippen LogP contribution >= 0.6 is 0 Å². The number of hydrogen-bond acceptors (Lipinski definition) is 5. The average molecular weight is 488 g/mol. The predicted molar refractivity (Wildman–Crippen MR) is 136 cm³/mol. The van der Waals surface area contributed by atoms with Crippen molar-refractivity contribution >= 4 is 18.7 Å². The standard InChI is InChI=1S/C27H42BFN2O4/c1-9-18(31-14-19-20(15-31)22(19)23(25(2,3)4)33-24(30)32)12-16-10-11-17(13-21(16)29)28-34-26(5,6)27(7,8)35-28/h10-11,13,18-20,22-23H,9,12,14-15H2,1-8H3,(H2,30,32). The summed E-state index contributed by atoms with van der Waals surface area (Å²) in [6.45, 7) is 18.4. The van der Waals surface area contributed by atoms with E-state index in [0.29, 0.717) is 29.6 Å². The van der Waals surface area contributed by atoms with Gasteiger partial charge in [0.25, 0.3) is 0 Å². The maximum atomic E-state index is 15.2. The van der Waals surface area contributed by atoms with E-state index in [1.54, 1.807) is 6.07 Å². The van der Waals surface area contributed by atoms with E-state index in [2.05, 4.69) is 32.6 Å². The molecule has 35 heavy (non-hydrogen) atoms. The van der Waals surface area contributed by atoms with E-state index in [9.17, 15) is 4.79 Å². The smallest absolute Gasteiger partial charge is 0.446 e. The lowest BCUT2D eigenvalue weighted by Gasteiger charge is -2.34. The third kappa shape index (κ3) is 5.12. The molecule has 8 heteroatoms. The molecule has 2 saturated heterocycles. The highest BCUT2D eigenvalue weighted by molar-refractivity contribution is 6.62. The molecule has 1 amide bonds. The zero-order valence-corrected chi connectivity index (χ0v) is 22.6. The molecule has 2 heterocycles. The van der Waals surface area contributed by atoms with Crippen LogP contribution in [0.2, 0.25) is 0 Å². The normalized spacial score (nSPS) is 29.1. The zero-order chi connectivity index (χ0) is 25.9. The Kier molecular flexibility index (Phi) is 6.82. The number of benzene rings is 1. The number of ether oxygens (including phenoxy) is 1. The van der Waals surface area contributed by atoms with Crippen LogP contribution in [0.5, 0.6) is 0 Å². The Morgan fingerprint density at radius 1 is 1.20 bits per heavy atom. The summed E-state index contributed by atoms with van der Waals surface area (Å²) in [5.74, 6) is 1.15. The summed E-state index contributed by atoms with van der Waals surface area (Å²) in [7, 11) is -0.563. The number of carbonyl (C=O) groups excluding carboxylic acids is 1. The minimum absolute atomic E-state index is 0.152. The van der Waals surface area contributed by atoms with Crippen LogP contribution in [0, 0.1) is 29.0 Å². The van der Waals surface area contributed by atoms with Gasteiger partial charge in [0.05, 0.1) is 11.2 Å². The Bertz CT molecular complexity index is 935. The first kappa shape index (κ1) is 26.4. The number of likely N-dealkylation sites (tertiary alicyclic amines) is 1. The highest BCUT2D eigenvalue weighted by atomic mass is 19.1. The molecule has 6 nitrogen and oxygen atoms in total. The monoisotopic (exact) mass is 488 g/mol. The lowest BCUT2D eigenvalue weighted by molar-refractivity contribution is 0.00578. The second kappa shape index (κ2) is 9.03. The number of piperidine rings is 1. The van der Waals surface area contributed by atoms with E-state index in [1.807, 2.05) is 39.8 Å². The number of amides is 1. The molecule has 194 valence electrons. The lowest BCUT2D eigenvalue weighted by Crippen LogP contribution is -2.41. The van der Waals surface area contributed by atoms with Crippen LogP contribution in [-0.2, 0) is 20.5 Å². The van der Waals surface area contributed by atoms with Crippen LogP contribution < -0.4 is 11.2 Å². The van der Waals surface area contributed by atoms with Gasteiger partial charge in [-0.05, 0) is 74.9 Å². The van der Waals surface area contributed by atoms with E-state index in [-0.39, 0.29) is 23.4 Å². The molecule has 3 fully saturated rings. The van der Waals surface area contributed by atoms with Crippen LogP contribution in [0.15, 0.2) is 18.2 Å². The van der Waals surface area contributed by atoms with Crippen LogP contribution in [0.1, 0.15) is 67.4 Å². The summed E-state index contributed by atoms with van der Waals surface area (Å²) in [6, 6.07) is 5.65. The first-order chi connectivity index (χ1) is 16.1. The van der Waals surface area contributed by atoms with Gasteiger partial charge in [-0.1, -0.05) is 39.8 Å². The molecule has 1 aromatic rings. The van der Waals surface area contributed by atoms with Gasteiger partial charge < -0.3 is 19.8 Å². The van der Waals surface area contributed by atoms with Gasteiger partial charge in [-0.15, -0.1) is 0 Å². The highest BCUT2D eigenvalue weighted by Gasteiger charge is 2.62. The second-order valence-electron chi connectivity index (χ2n) is 12.8. The Labute approximate surface area is 210 Å². The number of carbonyl (C=O) groups is 1. The molecule has 2 N–H and O–H groups in total. The zero-order valence-electron chi connectivity index (χ0n) is 22.6. The molecule has 0 aromatic heterocycles. The van der Waals surface area contributed by atoms with Crippen molar-refractivity contribution in [3.63, 3.8) is 0 Å². The summed E-state index contributed by atoms with van der Waals surface area (Å²) >= 11 is 0. The molecule has 0 bridgehead atoms. The molecule has 1 aromatic carbocycles. The number of fused-ring (bicyclic) bond motifs is 1. The molecule has 1 aliphatic carbocycles.